The van der Waals surface area contributed by atoms with Crippen molar-refractivity contribution in [2.75, 3.05) is 12.0 Å². The SMILES string of the molecule is CSCCC(C)(C(=O)O)C(=O)NC1CC1. The Morgan fingerprint density at radius 3 is 2.53 bits per heavy atom. The van der Waals surface area contributed by atoms with Crippen molar-refractivity contribution in [3.05, 3.63) is 0 Å². The third-order valence-corrected chi connectivity index (χ3v) is 3.30. The normalized spacial score (nSPS) is 19.3. The Bertz CT molecular complexity index is 265. The van der Waals surface area contributed by atoms with Gasteiger partial charge in [-0.05, 0) is 38.2 Å². The number of carboxylic acids is 1. The lowest BCUT2D eigenvalue weighted by molar-refractivity contribution is -0.154. The van der Waals surface area contributed by atoms with Crippen LogP contribution in [0.5, 0.6) is 0 Å². The molecule has 0 aromatic carbocycles. The Labute approximate surface area is 93.8 Å². The molecule has 0 aromatic rings. The minimum atomic E-state index is -1.27. The number of carbonyl (C=O) groups excluding carboxylic acids is 1. The number of hydrogen-bond acceptors (Lipinski definition) is 3. The predicted molar refractivity (Wildman–Crippen MR) is 59.9 cm³/mol. The Morgan fingerprint density at radius 2 is 2.13 bits per heavy atom. The molecule has 4 nitrogen and oxygen atoms in total. The fraction of sp³-hybridized carbons (Fsp3) is 0.800. The van der Waals surface area contributed by atoms with Gasteiger partial charge in [-0.3, -0.25) is 9.59 Å². The summed E-state index contributed by atoms with van der Waals surface area (Å²) < 4.78 is 0. The van der Waals surface area contributed by atoms with Crippen molar-refractivity contribution in [3.63, 3.8) is 0 Å². The first kappa shape index (κ1) is 12.4. The molecule has 1 rings (SSSR count). The Balaban J connectivity index is 2.60. The zero-order valence-corrected chi connectivity index (χ0v) is 9.89. The van der Waals surface area contributed by atoms with E-state index in [4.69, 9.17) is 5.11 Å². The smallest absolute Gasteiger partial charge is 0.318 e. The molecule has 1 unspecified atom stereocenters. The largest absolute Gasteiger partial charge is 0.480 e. The maximum Gasteiger partial charge on any atom is 0.318 e. The number of hydrogen-bond donors (Lipinski definition) is 2. The van der Waals surface area contributed by atoms with Gasteiger partial charge in [0, 0.05) is 6.04 Å². The van der Waals surface area contributed by atoms with Crippen LogP contribution in [0.25, 0.3) is 0 Å². The van der Waals surface area contributed by atoms with Crippen LogP contribution in [0, 0.1) is 5.41 Å². The quantitative estimate of drug-likeness (QED) is 0.672. The van der Waals surface area contributed by atoms with Gasteiger partial charge < -0.3 is 10.4 Å². The van der Waals surface area contributed by atoms with Gasteiger partial charge in [0.05, 0.1) is 0 Å². The molecule has 2 N–H and O–H groups in total. The Hall–Kier alpha value is -0.710. The van der Waals surface area contributed by atoms with E-state index in [1.54, 1.807) is 11.8 Å². The first-order valence-corrected chi connectivity index (χ1v) is 6.43. The molecule has 0 aromatic heterocycles. The molecule has 1 aliphatic carbocycles. The minimum Gasteiger partial charge on any atom is -0.480 e. The van der Waals surface area contributed by atoms with E-state index in [1.165, 1.54) is 6.92 Å². The Kier molecular flexibility index (Phi) is 4.02. The van der Waals surface area contributed by atoms with Crippen molar-refractivity contribution in [3.8, 4) is 0 Å². The molecule has 1 saturated carbocycles. The van der Waals surface area contributed by atoms with Gasteiger partial charge in [-0.1, -0.05) is 0 Å². The molecule has 86 valence electrons. The van der Waals surface area contributed by atoms with Crippen LogP contribution in [-0.4, -0.2) is 35.0 Å². The van der Waals surface area contributed by atoms with E-state index in [0.29, 0.717) is 12.2 Å². The highest BCUT2D eigenvalue weighted by molar-refractivity contribution is 7.98. The summed E-state index contributed by atoms with van der Waals surface area (Å²) in [4.78, 5) is 22.9. The van der Waals surface area contributed by atoms with Crippen molar-refractivity contribution in [2.24, 2.45) is 5.41 Å². The number of nitrogens with one attached hydrogen (secondary N) is 1. The molecule has 1 atom stereocenters. The molecule has 1 amide bonds. The summed E-state index contributed by atoms with van der Waals surface area (Å²) in [6.45, 7) is 1.50. The van der Waals surface area contributed by atoms with Crippen LogP contribution in [0.15, 0.2) is 0 Å². The van der Waals surface area contributed by atoms with E-state index in [0.717, 1.165) is 12.8 Å². The van der Waals surface area contributed by atoms with Crippen molar-refractivity contribution in [2.45, 2.75) is 32.2 Å². The zero-order valence-electron chi connectivity index (χ0n) is 9.08. The molecule has 0 saturated heterocycles. The lowest BCUT2D eigenvalue weighted by Crippen LogP contribution is -2.45. The van der Waals surface area contributed by atoms with Crippen molar-refractivity contribution in [1.29, 1.82) is 0 Å². The second-order valence-corrected chi connectivity index (χ2v) is 5.11. The Morgan fingerprint density at radius 1 is 1.53 bits per heavy atom. The van der Waals surface area contributed by atoms with Gasteiger partial charge in [-0.25, -0.2) is 0 Å². The van der Waals surface area contributed by atoms with Gasteiger partial charge in [0.25, 0.3) is 0 Å². The maximum absolute atomic E-state index is 11.8. The van der Waals surface area contributed by atoms with E-state index in [1.807, 2.05) is 6.26 Å². The highest BCUT2D eigenvalue weighted by atomic mass is 32.2. The molecule has 0 spiro atoms. The van der Waals surface area contributed by atoms with Gasteiger partial charge >= 0.3 is 5.97 Å². The van der Waals surface area contributed by atoms with Crippen molar-refractivity contribution >= 4 is 23.6 Å². The monoisotopic (exact) mass is 231 g/mol. The summed E-state index contributed by atoms with van der Waals surface area (Å²) in [5, 5.41) is 11.8. The fourth-order valence-corrected chi connectivity index (χ4v) is 1.81. The molecule has 0 heterocycles. The lowest BCUT2D eigenvalue weighted by atomic mass is 9.86. The topological polar surface area (TPSA) is 66.4 Å². The van der Waals surface area contributed by atoms with Crippen LogP contribution in [0.3, 0.4) is 0 Å². The highest BCUT2D eigenvalue weighted by Gasteiger charge is 2.42. The van der Waals surface area contributed by atoms with Crippen molar-refractivity contribution < 1.29 is 14.7 Å². The predicted octanol–water partition coefficient (Wildman–Crippen LogP) is 1.11. The van der Waals surface area contributed by atoms with Gasteiger partial charge in [0.2, 0.25) is 5.91 Å². The molecule has 0 bridgehead atoms. The second-order valence-electron chi connectivity index (χ2n) is 4.13. The van der Waals surface area contributed by atoms with Gasteiger partial charge in [-0.15, -0.1) is 0 Å². The van der Waals surface area contributed by atoms with Crippen molar-refractivity contribution in [1.82, 2.24) is 5.32 Å². The van der Waals surface area contributed by atoms with E-state index >= 15 is 0 Å². The van der Waals surface area contributed by atoms with Gasteiger partial charge in [-0.2, -0.15) is 11.8 Å². The number of carboxylic acid groups (broad SMARTS) is 1. The van der Waals surface area contributed by atoms with E-state index < -0.39 is 11.4 Å². The molecule has 1 fully saturated rings. The second kappa shape index (κ2) is 4.88. The number of carbonyl (C=O) groups is 2. The molecule has 1 aliphatic rings. The fourth-order valence-electron chi connectivity index (χ4n) is 1.20. The molecular weight excluding hydrogens is 214 g/mol. The molecule has 0 radical (unpaired) electrons. The summed E-state index contributed by atoms with van der Waals surface area (Å²) >= 11 is 1.55. The van der Waals surface area contributed by atoms with Crippen LogP contribution in [0.4, 0.5) is 0 Å². The summed E-state index contributed by atoms with van der Waals surface area (Å²) in [5.74, 6) is -0.692. The minimum absolute atomic E-state index is 0.213. The van der Waals surface area contributed by atoms with Gasteiger partial charge in [0.15, 0.2) is 0 Å². The lowest BCUT2D eigenvalue weighted by Gasteiger charge is -2.23. The maximum atomic E-state index is 11.8. The van der Waals surface area contributed by atoms with Crippen LogP contribution in [-0.2, 0) is 9.59 Å². The first-order chi connectivity index (χ1) is 7.00. The van der Waals surface area contributed by atoms with Crippen LogP contribution >= 0.6 is 11.8 Å². The number of amides is 1. The summed E-state index contributed by atoms with van der Waals surface area (Å²) in [7, 11) is 0. The highest BCUT2D eigenvalue weighted by Crippen LogP contribution is 2.27. The number of rotatable bonds is 6. The van der Waals surface area contributed by atoms with E-state index in [9.17, 15) is 9.59 Å². The van der Waals surface area contributed by atoms with E-state index in [-0.39, 0.29) is 11.9 Å². The molecule has 5 heteroatoms. The third kappa shape index (κ3) is 3.12. The zero-order chi connectivity index (χ0) is 11.5. The van der Waals surface area contributed by atoms with Crippen LogP contribution < -0.4 is 5.32 Å². The third-order valence-electron chi connectivity index (χ3n) is 2.69. The number of aliphatic carboxylic acids is 1. The summed E-state index contributed by atoms with van der Waals surface area (Å²) in [5.41, 5.74) is -1.27. The number of thioether (sulfide) groups is 1. The average Bonchev–Trinajstić information content (AvgIpc) is 2.97. The summed E-state index contributed by atoms with van der Waals surface area (Å²) in [6, 6.07) is 0.213. The average molecular weight is 231 g/mol. The van der Waals surface area contributed by atoms with E-state index in [2.05, 4.69) is 5.32 Å². The van der Waals surface area contributed by atoms with Crippen LogP contribution in [0.1, 0.15) is 26.2 Å². The van der Waals surface area contributed by atoms with Crippen LogP contribution in [0.2, 0.25) is 0 Å². The van der Waals surface area contributed by atoms with Gasteiger partial charge in [0.1, 0.15) is 5.41 Å². The molecular formula is C10H17NO3S. The standard InChI is InChI=1S/C10H17NO3S/c1-10(9(13)14,5-6-15-2)8(12)11-7-3-4-7/h7H,3-6H2,1-2H3,(H,11,12)(H,13,14). The molecule has 0 aliphatic heterocycles. The summed E-state index contributed by atoms with van der Waals surface area (Å²) in [6.07, 6.45) is 4.23. The molecule has 15 heavy (non-hydrogen) atoms. The first-order valence-electron chi connectivity index (χ1n) is 5.04.